The smallest absolute Gasteiger partial charge is 0.323 e. The molecule has 4 aromatic rings. The van der Waals surface area contributed by atoms with Crippen molar-refractivity contribution in [2.45, 2.75) is 20.8 Å². The number of urea groups is 1. The third kappa shape index (κ3) is 4.70. The van der Waals surface area contributed by atoms with Gasteiger partial charge in [-0.05, 0) is 74.9 Å². The first kappa shape index (κ1) is 21.3. The summed E-state index contributed by atoms with van der Waals surface area (Å²) in [5.41, 5.74) is 5.15. The number of anilines is 4. The van der Waals surface area contributed by atoms with Crippen LogP contribution in [0.4, 0.5) is 27.7 Å². The lowest BCUT2D eigenvalue weighted by Gasteiger charge is -2.10. The van der Waals surface area contributed by atoms with E-state index in [1.807, 2.05) is 45.0 Å². The standard InChI is InChI=1S/C23H22ClN7O/c1-14-15(2)30-31(16(14)3)22-13-12-21(28-29-22)25-17-8-10-18(11-9-17)26-23(32)27-20-7-5-4-6-19(20)24/h4-13H,1-3H3,(H,25,28)(H2,26,27,32). The molecule has 9 heteroatoms. The summed E-state index contributed by atoms with van der Waals surface area (Å²) in [6.45, 7) is 6.02. The summed E-state index contributed by atoms with van der Waals surface area (Å²) < 4.78 is 1.79. The molecule has 2 aromatic heterocycles. The minimum atomic E-state index is -0.375. The fourth-order valence-electron chi connectivity index (χ4n) is 3.08. The lowest BCUT2D eigenvalue weighted by atomic mass is 10.2. The fraction of sp³-hybridized carbons (Fsp3) is 0.130. The molecule has 0 aliphatic carbocycles. The van der Waals surface area contributed by atoms with Gasteiger partial charge in [0.05, 0.1) is 16.4 Å². The molecule has 0 aliphatic heterocycles. The molecule has 0 bridgehead atoms. The lowest BCUT2D eigenvalue weighted by molar-refractivity contribution is 0.262. The van der Waals surface area contributed by atoms with Crippen LogP contribution in [0.5, 0.6) is 0 Å². The number of carbonyl (C=O) groups is 1. The minimum absolute atomic E-state index is 0.375. The van der Waals surface area contributed by atoms with Crippen molar-refractivity contribution in [1.82, 2.24) is 20.0 Å². The monoisotopic (exact) mass is 447 g/mol. The van der Waals surface area contributed by atoms with Crippen LogP contribution >= 0.6 is 11.6 Å². The van der Waals surface area contributed by atoms with E-state index in [-0.39, 0.29) is 6.03 Å². The second kappa shape index (κ2) is 9.07. The molecule has 0 saturated carbocycles. The molecule has 8 nitrogen and oxygen atoms in total. The molecule has 0 fully saturated rings. The van der Waals surface area contributed by atoms with Crippen LogP contribution in [0.2, 0.25) is 5.02 Å². The van der Waals surface area contributed by atoms with Gasteiger partial charge in [0.15, 0.2) is 11.6 Å². The molecule has 2 amide bonds. The first-order valence-electron chi connectivity index (χ1n) is 9.97. The second-order valence-corrected chi connectivity index (χ2v) is 7.65. The van der Waals surface area contributed by atoms with Gasteiger partial charge in [0.25, 0.3) is 0 Å². The van der Waals surface area contributed by atoms with Crippen molar-refractivity contribution in [2.24, 2.45) is 0 Å². The molecule has 4 rings (SSSR count). The Balaban J connectivity index is 1.37. The van der Waals surface area contributed by atoms with E-state index in [1.54, 1.807) is 41.1 Å². The van der Waals surface area contributed by atoms with E-state index in [2.05, 4.69) is 31.2 Å². The maximum atomic E-state index is 12.2. The van der Waals surface area contributed by atoms with Crippen LogP contribution in [-0.2, 0) is 0 Å². The third-order valence-electron chi connectivity index (χ3n) is 5.06. The van der Waals surface area contributed by atoms with E-state index in [0.29, 0.717) is 28.0 Å². The van der Waals surface area contributed by atoms with Crippen LogP contribution in [0.15, 0.2) is 60.7 Å². The van der Waals surface area contributed by atoms with Crippen LogP contribution in [-0.4, -0.2) is 26.0 Å². The largest absolute Gasteiger partial charge is 0.339 e. The number of aryl methyl sites for hydroxylation is 1. The quantitative estimate of drug-likeness (QED) is 0.368. The maximum Gasteiger partial charge on any atom is 0.323 e. The van der Waals surface area contributed by atoms with Crippen molar-refractivity contribution in [3.63, 3.8) is 0 Å². The number of aromatic nitrogens is 4. The third-order valence-corrected chi connectivity index (χ3v) is 5.39. The predicted octanol–water partition coefficient (Wildman–Crippen LogP) is 5.63. The molecule has 162 valence electrons. The molecule has 0 atom stereocenters. The zero-order valence-electron chi connectivity index (χ0n) is 17.8. The van der Waals surface area contributed by atoms with E-state index in [1.165, 1.54) is 0 Å². The highest BCUT2D eigenvalue weighted by Crippen LogP contribution is 2.22. The zero-order chi connectivity index (χ0) is 22.7. The summed E-state index contributed by atoms with van der Waals surface area (Å²) in [6, 6.07) is 17.6. The molecule has 2 heterocycles. The number of amides is 2. The van der Waals surface area contributed by atoms with Crippen LogP contribution in [0.1, 0.15) is 17.0 Å². The number of nitrogens with zero attached hydrogens (tertiary/aromatic N) is 4. The van der Waals surface area contributed by atoms with Crippen molar-refractivity contribution in [3.8, 4) is 5.82 Å². The van der Waals surface area contributed by atoms with Crippen LogP contribution in [0.3, 0.4) is 0 Å². The maximum absolute atomic E-state index is 12.2. The number of para-hydroxylation sites is 1. The Bertz CT molecular complexity index is 1250. The highest BCUT2D eigenvalue weighted by atomic mass is 35.5. The summed E-state index contributed by atoms with van der Waals surface area (Å²) in [5.74, 6) is 1.26. The Morgan fingerprint density at radius 3 is 2.22 bits per heavy atom. The lowest BCUT2D eigenvalue weighted by Crippen LogP contribution is -2.19. The van der Waals surface area contributed by atoms with E-state index in [0.717, 1.165) is 22.6 Å². The Morgan fingerprint density at radius 1 is 0.875 bits per heavy atom. The fourth-order valence-corrected chi connectivity index (χ4v) is 3.26. The molecular formula is C23H22ClN7O. The Kier molecular flexibility index (Phi) is 6.04. The van der Waals surface area contributed by atoms with Gasteiger partial charge in [-0.2, -0.15) is 5.10 Å². The van der Waals surface area contributed by atoms with E-state index in [4.69, 9.17) is 11.6 Å². The average molecular weight is 448 g/mol. The molecular weight excluding hydrogens is 426 g/mol. The van der Waals surface area contributed by atoms with Gasteiger partial charge in [0.1, 0.15) is 0 Å². The molecule has 32 heavy (non-hydrogen) atoms. The average Bonchev–Trinajstić information content (AvgIpc) is 3.04. The first-order valence-corrected chi connectivity index (χ1v) is 10.3. The van der Waals surface area contributed by atoms with Crippen molar-refractivity contribution < 1.29 is 4.79 Å². The number of carbonyl (C=O) groups excluding carboxylic acids is 1. The molecule has 0 spiro atoms. The molecule has 0 saturated heterocycles. The van der Waals surface area contributed by atoms with Crippen molar-refractivity contribution in [1.29, 1.82) is 0 Å². The number of halogens is 1. The summed E-state index contributed by atoms with van der Waals surface area (Å²) in [7, 11) is 0. The van der Waals surface area contributed by atoms with Gasteiger partial charge in [-0.15, -0.1) is 10.2 Å². The van der Waals surface area contributed by atoms with Gasteiger partial charge < -0.3 is 16.0 Å². The van der Waals surface area contributed by atoms with Crippen LogP contribution in [0, 0.1) is 20.8 Å². The van der Waals surface area contributed by atoms with Gasteiger partial charge >= 0.3 is 6.03 Å². The molecule has 2 aromatic carbocycles. The summed E-state index contributed by atoms with van der Waals surface area (Å²) in [4.78, 5) is 12.2. The normalized spacial score (nSPS) is 10.6. The zero-order valence-corrected chi connectivity index (χ0v) is 18.6. The number of benzene rings is 2. The Hall–Kier alpha value is -3.91. The minimum Gasteiger partial charge on any atom is -0.339 e. The van der Waals surface area contributed by atoms with Crippen molar-refractivity contribution in [3.05, 3.63) is 82.6 Å². The summed E-state index contributed by atoms with van der Waals surface area (Å²) >= 11 is 6.06. The van der Waals surface area contributed by atoms with Crippen molar-refractivity contribution in [2.75, 3.05) is 16.0 Å². The van der Waals surface area contributed by atoms with Crippen molar-refractivity contribution >= 4 is 40.5 Å². The summed E-state index contributed by atoms with van der Waals surface area (Å²) in [5, 5.41) is 22.2. The van der Waals surface area contributed by atoms with Gasteiger partial charge in [0.2, 0.25) is 0 Å². The highest BCUT2D eigenvalue weighted by Gasteiger charge is 2.10. The molecule has 0 radical (unpaired) electrons. The van der Waals surface area contributed by atoms with Gasteiger partial charge in [-0.25, -0.2) is 9.48 Å². The van der Waals surface area contributed by atoms with Gasteiger partial charge in [0, 0.05) is 17.1 Å². The second-order valence-electron chi connectivity index (χ2n) is 7.25. The predicted molar refractivity (Wildman–Crippen MR) is 127 cm³/mol. The van der Waals surface area contributed by atoms with Crippen LogP contribution < -0.4 is 16.0 Å². The SMILES string of the molecule is Cc1nn(-c2ccc(Nc3ccc(NC(=O)Nc4ccccc4Cl)cc3)nn2)c(C)c1C. The molecule has 0 unspecified atom stereocenters. The number of hydrogen-bond acceptors (Lipinski definition) is 5. The van der Waals surface area contributed by atoms with Gasteiger partial charge in [-0.3, -0.25) is 0 Å². The van der Waals surface area contributed by atoms with E-state index >= 15 is 0 Å². The highest BCUT2D eigenvalue weighted by molar-refractivity contribution is 6.33. The molecule has 0 aliphatic rings. The Labute approximate surface area is 190 Å². The number of rotatable bonds is 5. The topological polar surface area (TPSA) is 96.8 Å². The van der Waals surface area contributed by atoms with Gasteiger partial charge in [-0.1, -0.05) is 23.7 Å². The number of nitrogens with one attached hydrogen (secondary N) is 3. The Morgan fingerprint density at radius 2 is 1.59 bits per heavy atom. The van der Waals surface area contributed by atoms with E-state index < -0.39 is 0 Å². The van der Waals surface area contributed by atoms with E-state index in [9.17, 15) is 4.79 Å². The first-order chi connectivity index (χ1) is 15.4. The summed E-state index contributed by atoms with van der Waals surface area (Å²) in [6.07, 6.45) is 0. The van der Waals surface area contributed by atoms with Crippen LogP contribution in [0.25, 0.3) is 5.82 Å². The number of hydrogen-bond donors (Lipinski definition) is 3. The molecule has 3 N–H and O–H groups in total.